The van der Waals surface area contributed by atoms with Gasteiger partial charge in [-0.05, 0) is 90.8 Å². The molecule has 0 bridgehead atoms. The molecule has 0 unspecified atom stereocenters. The molecule has 0 atom stereocenters. The molecule has 3 N–H and O–H groups in total. The first-order chi connectivity index (χ1) is 15.6. The summed E-state index contributed by atoms with van der Waals surface area (Å²) in [6.45, 7) is 7.99. The van der Waals surface area contributed by atoms with Crippen LogP contribution in [0.2, 0.25) is 0 Å². The second kappa shape index (κ2) is 12.3. The Morgan fingerprint density at radius 1 is 1.18 bits per heavy atom. The van der Waals surface area contributed by atoms with Crippen molar-refractivity contribution in [3.8, 4) is 0 Å². The number of hydrogen-bond acceptors (Lipinski definition) is 4. The van der Waals surface area contributed by atoms with E-state index in [4.69, 9.17) is 0 Å². The number of likely N-dealkylation sites (N-methyl/N-ethyl adjacent to an activating group) is 1. The number of hydrogen-bond donors (Lipinski definition) is 3. The van der Waals surface area contributed by atoms with Gasteiger partial charge in [0.1, 0.15) is 5.83 Å². The first-order valence-corrected chi connectivity index (χ1v) is 11.2. The van der Waals surface area contributed by atoms with Crippen molar-refractivity contribution in [1.29, 1.82) is 0 Å². The number of amides is 2. The first-order valence-electron chi connectivity index (χ1n) is 11.2. The number of allylic oxidation sites excluding steroid dienone is 5. The fourth-order valence-corrected chi connectivity index (χ4v) is 3.64. The van der Waals surface area contributed by atoms with E-state index in [1.165, 1.54) is 18.2 Å². The molecule has 1 aromatic rings. The van der Waals surface area contributed by atoms with Crippen LogP contribution in [-0.2, 0) is 4.79 Å². The summed E-state index contributed by atoms with van der Waals surface area (Å²) in [7, 11) is 5.79. The molecule has 2 heterocycles. The number of carbonyl (C=O) groups excluding carboxylic acids is 2. The molecule has 1 aliphatic heterocycles. The summed E-state index contributed by atoms with van der Waals surface area (Å²) >= 11 is 0. The summed E-state index contributed by atoms with van der Waals surface area (Å²) in [5.74, 6) is -0.823. The summed E-state index contributed by atoms with van der Waals surface area (Å²) in [6.07, 6.45) is 8.22. The van der Waals surface area contributed by atoms with Crippen LogP contribution in [-0.4, -0.2) is 73.9 Å². The van der Waals surface area contributed by atoms with Gasteiger partial charge >= 0.3 is 0 Å². The van der Waals surface area contributed by atoms with E-state index in [1.807, 2.05) is 35.0 Å². The maximum atomic E-state index is 14.2. The number of H-pyrrole nitrogens is 1. The number of aryl methyl sites for hydroxylation is 1. The molecule has 7 nitrogen and oxygen atoms in total. The second-order valence-corrected chi connectivity index (χ2v) is 8.43. The Kier molecular flexibility index (Phi) is 9.81. The highest BCUT2D eigenvalue weighted by Gasteiger charge is 2.22. The van der Waals surface area contributed by atoms with Gasteiger partial charge in [0.15, 0.2) is 0 Å². The van der Waals surface area contributed by atoms with E-state index in [2.05, 4.69) is 20.5 Å². The summed E-state index contributed by atoms with van der Waals surface area (Å²) < 4.78 is 14.2. The van der Waals surface area contributed by atoms with Crippen molar-refractivity contribution in [2.45, 2.75) is 27.2 Å². The Hall–Kier alpha value is -2.97. The topological polar surface area (TPSA) is 80.5 Å². The van der Waals surface area contributed by atoms with E-state index < -0.39 is 5.83 Å². The number of halogens is 1. The summed E-state index contributed by atoms with van der Waals surface area (Å²) in [6, 6.07) is 0. The monoisotopic (exact) mass is 457 g/mol. The maximum absolute atomic E-state index is 14.2. The molecule has 8 heteroatoms. The molecular formula is C25H36FN5O2. The third-order valence-corrected chi connectivity index (χ3v) is 5.47. The van der Waals surface area contributed by atoms with Crippen molar-refractivity contribution in [3.05, 3.63) is 63.9 Å². The molecule has 2 amide bonds. The molecule has 1 aromatic heterocycles. The van der Waals surface area contributed by atoms with Crippen molar-refractivity contribution in [3.63, 3.8) is 0 Å². The lowest BCUT2D eigenvalue weighted by atomic mass is 10.1. The zero-order valence-electron chi connectivity index (χ0n) is 20.5. The average molecular weight is 458 g/mol. The molecule has 0 aliphatic carbocycles. The smallest absolute Gasteiger partial charge is 0.258 e. The molecule has 0 aromatic carbocycles. The minimum Gasteiger partial charge on any atom is -0.358 e. The quantitative estimate of drug-likeness (QED) is 0.393. The Balaban J connectivity index is 2.41. The van der Waals surface area contributed by atoms with Crippen LogP contribution in [0.3, 0.4) is 0 Å². The molecule has 0 saturated heterocycles. The molecule has 33 heavy (non-hydrogen) atoms. The van der Waals surface area contributed by atoms with Gasteiger partial charge in [-0.2, -0.15) is 0 Å². The summed E-state index contributed by atoms with van der Waals surface area (Å²) in [5, 5.41) is 5.88. The van der Waals surface area contributed by atoms with E-state index in [-0.39, 0.29) is 11.8 Å². The van der Waals surface area contributed by atoms with Crippen molar-refractivity contribution in [1.82, 2.24) is 25.4 Å². The third kappa shape index (κ3) is 7.27. The van der Waals surface area contributed by atoms with Crippen LogP contribution in [0.4, 0.5) is 4.39 Å². The van der Waals surface area contributed by atoms with Gasteiger partial charge < -0.3 is 25.4 Å². The van der Waals surface area contributed by atoms with Gasteiger partial charge in [-0.3, -0.25) is 9.59 Å². The minimum absolute atomic E-state index is 0.171. The number of nitrogens with one attached hydrogen (secondary N) is 3. The SMILES string of the molecule is CNCCNC(=O)c1c(C)[nH]c(/C=C2/C=C/C(F)=C\C=C(/C)N(CCCN(C)C)C2=O)c1C. The fourth-order valence-electron chi connectivity index (χ4n) is 3.64. The molecule has 0 radical (unpaired) electrons. The van der Waals surface area contributed by atoms with Crippen LogP contribution >= 0.6 is 0 Å². The van der Waals surface area contributed by atoms with Crippen LogP contribution in [0.25, 0.3) is 6.08 Å². The first kappa shape index (κ1) is 26.3. The van der Waals surface area contributed by atoms with Crippen molar-refractivity contribution in [2.24, 2.45) is 0 Å². The van der Waals surface area contributed by atoms with Crippen LogP contribution < -0.4 is 10.6 Å². The van der Waals surface area contributed by atoms with Crippen molar-refractivity contribution < 1.29 is 14.0 Å². The molecule has 0 fully saturated rings. The van der Waals surface area contributed by atoms with Gasteiger partial charge in [-0.1, -0.05) is 0 Å². The Labute approximate surface area is 196 Å². The highest BCUT2D eigenvalue weighted by atomic mass is 19.1. The van der Waals surface area contributed by atoms with Crippen molar-refractivity contribution >= 4 is 17.9 Å². The lowest BCUT2D eigenvalue weighted by molar-refractivity contribution is -0.125. The summed E-state index contributed by atoms with van der Waals surface area (Å²) in [4.78, 5) is 33.1. The molecule has 0 saturated carbocycles. The van der Waals surface area contributed by atoms with E-state index in [0.29, 0.717) is 47.9 Å². The fraction of sp³-hybridized carbons (Fsp3) is 0.440. The van der Waals surface area contributed by atoms with Crippen molar-refractivity contribution in [2.75, 3.05) is 47.3 Å². The molecular weight excluding hydrogens is 421 g/mol. The summed E-state index contributed by atoms with van der Waals surface area (Å²) in [5.41, 5.74) is 3.67. The number of aromatic nitrogens is 1. The largest absolute Gasteiger partial charge is 0.358 e. The predicted molar refractivity (Wildman–Crippen MR) is 131 cm³/mol. The van der Waals surface area contributed by atoms with Gasteiger partial charge in [0.05, 0.1) is 5.56 Å². The molecule has 2 rings (SSSR count). The van der Waals surface area contributed by atoms with Gasteiger partial charge in [0.25, 0.3) is 11.8 Å². The Morgan fingerprint density at radius 3 is 2.58 bits per heavy atom. The number of aromatic amines is 1. The number of carbonyl (C=O) groups is 2. The van der Waals surface area contributed by atoms with Crippen LogP contribution in [0.5, 0.6) is 0 Å². The minimum atomic E-state index is -0.438. The highest BCUT2D eigenvalue weighted by molar-refractivity contribution is 6.03. The van der Waals surface area contributed by atoms with Gasteiger partial charge in [-0.25, -0.2) is 4.39 Å². The Morgan fingerprint density at radius 2 is 1.91 bits per heavy atom. The predicted octanol–water partition coefficient (Wildman–Crippen LogP) is 3.07. The van der Waals surface area contributed by atoms with Gasteiger partial charge in [0.2, 0.25) is 0 Å². The van der Waals surface area contributed by atoms with E-state index >= 15 is 0 Å². The van der Waals surface area contributed by atoms with E-state index in [1.54, 1.807) is 24.0 Å². The van der Waals surface area contributed by atoms with Crippen LogP contribution in [0, 0.1) is 13.8 Å². The van der Waals surface area contributed by atoms with Gasteiger partial charge in [0, 0.05) is 42.3 Å². The maximum Gasteiger partial charge on any atom is 0.258 e. The van der Waals surface area contributed by atoms with E-state index in [0.717, 1.165) is 18.5 Å². The normalized spacial score (nSPS) is 20.1. The zero-order valence-corrected chi connectivity index (χ0v) is 20.5. The number of rotatable bonds is 9. The molecule has 1 aliphatic rings. The molecule has 180 valence electrons. The third-order valence-electron chi connectivity index (χ3n) is 5.47. The Bertz CT molecular complexity index is 985. The zero-order chi connectivity index (χ0) is 24.5. The standard InChI is InChI=1S/C25H36FN5O2/c1-17-8-10-21(26)11-9-20(25(33)31(17)15-7-14-30(5)6)16-22-18(2)23(19(3)29-22)24(32)28-13-12-27-4/h8-11,16,27,29H,7,12-15H2,1-6H3,(H,28,32)/b11-9+,17-8+,20-16-,21-10+. The lowest BCUT2D eigenvalue weighted by Crippen LogP contribution is -2.32. The highest BCUT2D eigenvalue weighted by Crippen LogP contribution is 2.23. The van der Waals surface area contributed by atoms with E-state index in [9.17, 15) is 14.0 Å². The van der Waals surface area contributed by atoms with Crippen LogP contribution in [0.15, 0.2) is 41.4 Å². The van der Waals surface area contributed by atoms with Crippen LogP contribution in [0.1, 0.15) is 40.7 Å². The lowest BCUT2D eigenvalue weighted by Gasteiger charge is -2.24. The average Bonchev–Trinajstić information content (AvgIpc) is 3.05. The number of nitrogens with zero attached hydrogens (tertiary/aromatic N) is 2. The molecule has 0 spiro atoms. The van der Waals surface area contributed by atoms with Gasteiger partial charge in [-0.15, -0.1) is 0 Å². The second-order valence-electron chi connectivity index (χ2n) is 8.43.